The monoisotopic (exact) mass is 395 g/mol. The van der Waals surface area contributed by atoms with E-state index in [0.717, 1.165) is 4.88 Å². The molecular weight excluding hydrogens is 378 g/mol. The molecule has 1 fully saturated rings. The van der Waals surface area contributed by atoms with Crippen molar-refractivity contribution in [2.45, 2.75) is 11.1 Å². The highest BCUT2D eigenvalue weighted by atomic mass is 32.2. The van der Waals surface area contributed by atoms with E-state index >= 15 is 0 Å². The van der Waals surface area contributed by atoms with E-state index in [4.69, 9.17) is 0 Å². The summed E-state index contributed by atoms with van der Waals surface area (Å²) in [5.74, 6) is -0.260. The molecule has 2 aromatic rings. The second kappa shape index (κ2) is 7.14. The molecule has 0 spiro atoms. The van der Waals surface area contributed by atoms with Crippen molar-refractivity contribution in [3.63, 3.8) is 0 Å². The van der Waals surface area contributed by atoms with Gasteiger partial charge in [-0.2, -0.15) is 4.31 Å². The van der Waals surface area contributed by atoms with Gasteiger partial charge in [-0.15, -0.1) is 11.3 Å². The summed E-state index contributed by atoms with van der Waals surface area (Å²) in [5.41, 5.74) is 0.268. The third kappa shape index (κ3) is 3.62. The zero-order valence-corrected chi connectivity index (χ0v) is 15.6. The minimum absolute atomic E-state index is 0.0799. The fourth-order valence-corrected chi connectivity index (χ4v) is 5.58. The lowest BCUT2D eigenvalue weighted by atomic mass is 10.1. The second-order valence-electron chi connectivity index (χ2n) is 5.87. The third-order valence-corrected chi connectivity index (χ3v) is 7.53. The van der Waals surface area contributed by atoms with Crippen LogP contribution in [0.5, 0.6) is 0 Å². The number of benzene rings is 1. The number of nitro benzene ring substituents is 1. The summed E-state index contributed by atoms with van der Waals surface area (Å²) in [6.07, 6.45) is 0. The van der Waals surface area contributed by atoms with E-state index in [2.05, 4.69) is 0 Å². The van der Waals surface area contributed by atoms with Gasteiger partial charge in [-0.1, -0.05) is 0 Å². The average molecular weight is 395 g/mol. The number of nitrogens with zero attached hydrogens (tertiary/aromatic N) is 3. The third-order valence-electron chi connectivity index (χ3n) is 4.16. The van der Waals surface area contributed by atoms with Crippen molar-refractivity contribution in [3.05, 3.63) is 57.0 Å². The Morgan fingerprint density at radius 3 is 2.19 bits per heavy atom. The quantitative estimate of drug-likeness (QED) is 0.583. The van der Waals surface area contributed by atoms with Crippen LogP contribution in [0.2, 0.25) is 0 Å². The second-order valence-corrected chi connectivity index (χ2v) is 9.32. The number of sulfonamides is 1. The van der Waals surface area contributed by atoms with Crippen LogP contribution in [0, 0.1) is 17.0 Å². The summed E-state index contributed by atoms with van der Waals surface area (Å²) in [7, 11) is -3.53. The maximum atomic E-state index is 12.6. The molecule has 1 aliphatic heterocycles. The Morgan fingerprint density at radius 2 is 1.69 bits per heavy atom. The smallest absolute Gasteiger partial charge is 0.269 e. The van der Waals surface area contributed by atoms with Gasteiger partial charge in [0.1, 0.15) is 4.21 Å². The van der Waals surface area contributed by atoms with E-state index < -0.39 is 14.9 Å². The maximum Gasteiger partial charge on any atom is 0.269 e. The Kier molecular flexibility index (Phi) is 5.08. The van der Waals surface area contributed by atoms with Gasteiger partial charge in [0.15, 0.2) is 0 Å². The fourth-order valence-electron chi connectivity index (χ4n) is 2.72. The Hall–Kier alpha value is -2.30. The summed E-state index contributed by atoms with van der Waals surface area (Å²) >= 11 is 1.23. The molecule has 1 saturated heterocycles. The molecule has 1 aliphatic rings. The summed E-state index contributed by atoms with van der Waals surface area (Å²) < 4.78 is 26.9. The Labute approximate surface area is 154 Å². The number of thiophene rings is 1. The number of amides is 1. The van der Waals surface area contributed by atoms with Gasteiger partial charge < -0.3 is 4.90 Å². The average Bonchev–Trinajstić information content (AvgIpc) is 3.08. The summed E-state index contributed by atoms with van der Waals surface area (Å²) in [5, 5.41) is 10.7. The maximum absolute atomic E-state index is 12.6. The normalized spacial score (nSPS) is 15.8. The number of aryl methyl sites for hydroxylation is 1. The van der Waals surface area contributed by atoms with Crippen LogP contribution < -0.4 is 0 Å². The van der Waals surface area contributed by atoms with Crippen LogP contribution >= 0.6 is 11.3 Å². The molecule has 0 aliphatic carbocycles. The van der Waals surface area contributed by atoms with E-state index in [1.807, 2.05) is 6.92 Å². The molecule has 1 amide bonds. The zero-order valence-electron chi connectivity index (χ0n) is 14.0. The number of hydrogen-bond donors (Lipinski definition) is 0. The lowest BCUT2D eigenvalue weighted by molar-refractivity contribution is -0.384. The first-order valence-corrected chi connectivity index (χ1v) is 10.1. The lowest BCUT2D eigenvalue weighted by Crippen LogP contribution is -2.50. The van der Waals surface area contributed by atoms with E-state index in [1.54, 1.807) is 17.0 Å². The predicted molar refractivity (Wildman–Crippen MR) is 96.8 cm³/mol. The number of piperazine rings is 1. The lowest BCUT2D eigenvalue weighted by Gasteiger charge is -2.33. The number of nitro groups is 1. The van der Waals surface area contributed by atoms with Crippen molar-refractivity contribution in [1.82, 2.24) is 9.21 Å². The molecule has 8 nitrogen and oxygen atoms in total. The number of carbonyl (C=O) groups is 1. The van der Waals surface area contributed by atoms with Crippen LogP contribution in [0.15, 0.2) is 40.6 Å². The molecule has 1 aromatic heterocycles. The minimum atomic E-state index is -3.53. The topological polar surface area (TPSA) is 101 Å². The Morgan fingerprint density at radius 1 is 1.08 bits per heavy atom. The molecule has 26 heavy (non-hydrogen) atoms. The molecule has 0 atom stereocenters. The number of non-ortho nitro benzene ring substituents is 1. The molecule has 1 aromatic carbocycles. The van der Waals surface area contributed by atoms with Gasteiger partial charge in [-0.25, -0.2) is 8.42 Å². The first kappa shape index (κ1) is 18.5. The van der Waals surface area contributed by atoms with Gasteiger partial charge in [-0.3, -0.25) is 14.9 Å². The van der Waals surface area contributed by atoms with Crippen molar-refractivity contribution < 1.29 is 18.1 Å². The molecule has 10 heteroatoms. The van der Waals surface area contributed by atoms with Crippen LogP contribution in [-0.4, -0.2) is 54.6 Å². The largest absolute Gasteiger partial charge is 0.336 e. The number of rotatable bonds is 4. The number of carbonyl (C=O) groups excluding carboxylic acids is 1. The SMILES string of the molecule is Cc1ccc(S(=O)(=O)N2CCN(C(=O)c3ccc([N+](=O)[O-])cc3)CC2)s1. The van der Waals surface area contributed by atoms with Crippen LogP contribution in [0.4, 0.5) is 5.69 Å². The van der Waals surface area contributed by atoms with Crippen LogP contribution in [-0.2, 0) is 10.0 Å². The molecule has 0 N–H and O–H groups in total. The van der Waals surface area contributed by atoms with Gasteiger partial charge in [-0.05, 0) is 31.2 Å². The first-order valence-electron chi connectivity index (χ1n) is 7.89. The Balaban J connectivity index is 1.66. The molecule has 0 saturated carbocycles. The fraction of sp³-hybridized carbons (Fsp3) is 0.312. The summed E-state index contributed by atoms with van der Waals surface area (Å²) in [4.78, 5) is 25.1. The standard InChI is InChI=1S/C16H17N3O5S2/c1-12-2-7-15(25-12)26(23,24)18-10-8-17(9-11-18)16(20)13-3-5-14(6-4-13)19(21)22/h2-7H,8-11H2,1H3. The number of hydrogen-bond acceptors (Lipinski definition) is 6. The van der Waals surface area contributed by atoms with Crippen LogP contribution in [0.3, 0.4) is 0 Å². The molecule has 0 bridgehead atoms. The van der Waals surface area contributed by atoms with E-state index in [0.29, 0.717) is 9.77 Å². The first-order chi connectivity index (χ1) is 12.3. The van der Waals surface area contributed by atoms with Gasteiger partial charge in [0.05, 0.1) is 4.92 Å². The summed E-state index contributed by atoms with van der Waals surface area (Å²) in [6, 6.07) is 8.77. The van der Waals surface area contributed by atoms with Crippen LogP contribution in [0.1, 0.15) is 15.2 Å². The van der Waals surface area contributed by atoms with Crippen LogP contribution in [0.25, 0.3) is 0 Å². The van der Waals surface area contributed by atoms with Gasteiger partial charge in [0.2, 0.25) is 0 Å². The van der Waals surface area contributed by atoms with Crippen molar-refractivity contribution in [3.8, 4) is 0 Å². The molecule has 2 heterocycles. The molecule has 3 rings (SSSR count). The van der Waals surface area contributed by atoms with Gasteiger partial charge in [0, 0.05) is 48.8 Å². The van der Waals surface area contributed by atoms with Gasteiger partial charge >= 0.3 is 0 Å². The predicted octanol–water partition coefficient (Wildman–Crippen LogP) is 2.11. The zero-order chi connectivity index (χ0) is 18.9. The summed E-state index contributed by atoms with van der Waals surface area (Å²) in [6.45, 7) is 2.85. The van der Waals surface area contributed by atoms with Gasteiger partial charge in [0.25, 0.3) is 21.6 Å². The van der Waals surface area contributed by atoms with Crippen molar-refractivity contribution in [1.29, 1.82) is 0 Å². The van der Waals surface area contributed by atoms with E-state index in [-0.39, 0.29) is 37.8 Å². The highest BCUT2D eigenvalue weighted by molar-refractivity contribution is 7.91. The molecule has 0 unspecified atom stereocenters. The van der Waals surface area contributed by atoms with Crippen molar-refractivity contribution in [2.75, 3.05) is 26.2 Å². The van der Waals surface area contributed by atoms with E-state index in [9.17, 15) is 23.3 Å². The Bertz CT molecular complexity index is 929. The highest BCUT2D eigenvalue weighted by Gasteiger charge is 2.31. The van der Waals surface area contributed by atoms with Crippen molar-refractivity contribution in [2.24, 2.45) is 0 Å². The molecular formula is C16H17N3O5S2. The van der Waals surface area contributed by atoms with Crippen molar-refractivity contribution >= 4 is 33.0 Å². The molecule has 138 valence electrons. The minimum Gasteiger partial charge on any atom is -0.336 e. The molecule has 0 radical (unpaired) electrons. The van der Waals surface area contributed by atoms with E-state index in [1.165, 1.54) is 39.9 Å². The highest BCUT2D eigenvalue weighted by Crippen LogP contribution is 2.25.